The summed E-state index contributed by atoms with van der Waals surface area (Å²) in [5.41, 5.74) is 7.37. The van der Waals surface area contributed by atoms with E-state index in [-0.39, 0.29) is 12.6 Å². The van der Waals surface area contributed by atoms with E-state index in [1.807, 2.05) is 24.3 Å². The van der Waals surface area contributed by atoms with Crippen LogP contribution in [0.25, 0.3) is 0 Å². The lowest BCUT2D eigenvalue weighted by atomic mass is 10.0. The van der Waals surface area contributed by atoms with Gasteiger partial charge in [0.1, 0.15) is 0 Å². The van der Waals surface area contributed by atoms with Gasteiger partial charge in [-0.3, -0.25) is 4.90 Å². The highest BCUT2D eigenvalue weighted by Crippen LogP contribution is 2.17. The lowest BCUT2D eigenvalue weighted by Gasteiger charge is -2.34. The summed E-state index contributed by atoms with van der Waals surface area (Å²) >= 11 is 5.88. The summed E-state index contributed by atoms with van der Waals surface area (Å²) in [6.45, 7) is 6.27. The molecule has 1 heterocycles. The third kappa shape index (κ3) is 4.72. The van der Waals surface area contributed by atoms with Crippen LogP contribution >= 0.6 is 11.6 Å². The van der Waals surface area contributed by atoms with Gasteiger partial charge in [0.25, 0.3) is 0 Å². The first-order valence-electron chi connectivity index (χ1n) is 7.25. The standard InChI is InChI=1S/C15H24ClN3O/c16-14-3-1-13(2-4-14)15(17)5-6-18-7-9-19(10-8-18)11-12-20/h1-4,15,20H,5-12,17H2. The van der Waals surface area contributed by atoms with Gasteiger partial charge >= 0.3 is 0 Å². The molecule has 20 heavy (non-hydrogen) atoms. The summed E-state index contributed by atoms with van der Waals surface area (Å²) in [5, 5.41) is 9.68. The molecule has 1 saturated heterocycles. The van der Waals surface area contributed by atoms with Crippen molar-refractivity contribution in [2.24, 2.45) is 5.73 Å². The molecular weight excluding hydrogens is 274 g/mol. The summed E-state index contributed by atoms with van der Waals surface area (Å²) in [7, 11) is 0. The Kier molecular flexibility index (Phi) is 6.26. The number of nitrogens with zero attached hydrogens (tertiary/aromatic N) is 2. The van der Waals surface area contributed by atoms with E-state index in [0.717, 1.165) is 56.3 Å². The fraction of sp³-hybridized carbons (Fsp3) is 0.600. The van der Waals surface area contributed by atoms with E-state index in [0.29, 0.717) is 0 Å². The topological polar surface area (TPSA) is 52.7 Å². The summed E-state index contributed by atoms with van der Waals surface area (Å²) in [4.78, 5) is 4.75. The fourth-order valence-corrected chi connectivity index (χ4v) is 2.70. The number of piperazine rings is 1. The molecule has 1 aromatic rings. The quantitative estimate of drug-likeness (QED) is 0.832. The Morgan fingerprint density at radius 3 is 2.15 bits per heavy atom. The van der Waals surface area contributed by atoms with Crippen LogP contribution < -0.4 is 5.73 Å². The van der Waals surface area contributed by atoms with Gasteiger partial charge in [0.2, 0.25) is 0 Å². The van der Waals surface area contributed by atoms with Crippen molar-refractivity contribution in [1.29, 1.82) is 0 Å². The summed E-state index contributed by atoms with van der Waals surface area (Å²) in [6, 6.07) is 7.87. The van der Waals surface area contributed by atoms with Gasteiger partial charge in [0.05, 0.1) is 6.61 Å². The van der Waals surface area contributed by atoms with Gasteiger partial charge < -0.3 is 15.7 Å². The van der Waals surface area contributed by atoms with Gasteiger partial charge in [0.15, 0.2) is 0 Å². The van der Waals surface area contributed by atoms with Crippen LogP contribution in [0, 0.1) is 0 Å². The smallest absolute Gasteiger partial charge is 0.0558 e. The number of rotatable bonds is 6. The van der Waals surface area contributed by atoms with E-state index in [9.17, 15) is 0 Å². The molecule has 1 atom stereocenters. The van der Waals surface area contributed by atoms with Crippen molar-refractivity contribution < 1.29 is 5.11 Å². The number of hydrogen-bond acceptors (Lipinski definition) is 4. The Bertz CT molecular complexity index is 391. The molecule has 1 aliphatic rings. The normalized spacial score (nSPS) is 19.1. The molecular formula is C15H24ClN3O. The zero-order chi connectivity index (χ0) is 14.4. The van der Waals surface area contributed by atoms with Crippen LogP contribution in [0.15, 0.2) is 24.3 Å². The molecule has 1 unspecified atom stereocenters. The number of halogens is 1. The van der Waals surface area contributed by atoms with Crippen LogP contribution in [-0.4, -0.2) is 60.8 Å². The first-order valence-corrected chi connectivity index (χ1v) is 7.63. The monoisotopic (exact) mass is 297 g/mol. The molecule has 0 bridgehead atoms. The summed E-state index contributed by atoms with van der Waals surface area (Å²) in [5.74, 6) is 0. The highest BCUT2D eigenvalue weighted by atomic mass is 35.5. The Morgan fingerprint density at radius 2 is 1.60 bits per heavy atom. The Hall–Kier alpha value is -0.650. The molecule has 1 aliphatic heterocycles. The van der Waals surface area contributed by atoms with Crippen molar-refractivity contribution in [3.63, 3.8) is 0 Å². The van der Waals surface area contributed by atoms with Crippen molar-refractivity contribution in [3.05, 3.63) is 34.9 Å². The third-order valence-corrected chi connectivity index (χ3v) is 4.19. The molecule has 1 fully saturated rings. The maximum atomic E-state index is 8.92. The average molecular weight is 298 g/mol. The second-order valence-corrected chi connectivity index (χ2v) is 5.79. The minimum absolute atomic E-state index is 0.0720. The third-order valence-electron chi connectivity index (χ3n) is 3.94. The minimum Gasteiger partial charge on any atom is -0.395 e. The highest BCUT2D eigenvalue weighted by molar-refractivity contribution is 6.30. The molecule has 0 saturated carbocycles. The molecule has 1 aromatic carbocycles. The molecule has 5 heteroatoms. The summed E-state index contributed by atoms with van der Waals surface area (Å²) in [6.07, 6.45) is 0.960. The minimum atomic E-state index is 0.0720. The number of nitrogens with two attached hydrogens (primary N) is 1. The van der Waals surface area contributed by atoms with Crippen LogP contribution in [-0.2, 0) is 0 Å². The zero-order valence-electron chi connectivity index (χ0n) is 11.8. The molecule has 0 aliphatic carbocycles. The van der Waals surface area contributed by atoms with E-state index in [2.05, 4.69) is 9.80 Å². The van der Waals surface area contributed by atoms with Crippen molar-refractivity contribution in [1.82, 2.24) is 9.80 Å². The predicted molar refractivity (Wildman–Crippen MR) is 83.0 cm³/mol. The summed E-state index contributed by atoms with van der Waals surface area (Å²) < 4.78 is 0. The van der Waals surface area contributed by atoms with E-state index >= 15 is 0 Å². The van der Waals surface area contributed by atoms with Crippen LogP contribution in [0.5, 0.6) is 0 Å². The highest BCUT2D eigenvalue weighted by Gasteiger charge is 2.17. The lowest BCUT2D eigenvalue weighted by Crippen LogP contribution is -2.47. The number of aliphatic hydroxyl groups excluding tert-OH is 1. The molecule has 0 spiro atoms. The SMILES string of the molecule is NC(CCN1CCN(CCO)CC1)c1ccc(Cl)cc1. The van der Waals surface area contributed by atoms with Crippen LogP contribution in [0.3, 0.4) is 0 Å². The lowest BCUT2D eigenvalue weighted by molar-refractivity contribution is 0.110. The molecule has 0 aromatic heterocycles. The van der Waals surface area contributed by atoms with Crippen LogP contribution in [0.4, 0.5) is 0 Å². The molecule has 0 amide bonds. The van der Waals surface area contributed by atoms with E-state index in [1.165, 1.54) is 0 Å². The molecule has 0 radical (unpaired) electrons. The van der Waals surface area contributed by atoms with Gasteiger partial charge in [0, 0.05) is 50.3 Å². The van der Waals surface area contributed by atoms with Gasteiger partial charge in [-0.2, -0.15) is 0 Å². The van der Waals surface area contributed by atoms with E-state index < -0.39 is 0 Å². The molecule has 112 valence electrons. The van der Waals surface area contributed by atoms with Crippen LogP contribution in [0.1, 0.15) is 18.0 Å². The average Bonchev–Trinajstić information content (AvgIpc) is 2.47. The molecule has 4 nitrogen and oxygen atoms in total. The van der Waals surface area contributed by atoms with Crippen molar-refractivity contribution in [2.45, 2.75) is 12.5 Å². The molecule has 3 N–H and O–H groups in total. The largest absolute Gasteiger partial charge is 0.395 e. The van der Waals surface area contributed by atoms with Gasteiger partial charge in [-0.15, -0.1) is 0 Å². The van der Waals surface area contributed by atoms with Crippen molar-refractivity contribution in [3.8, 4) is 0 Å². The fourth-order valence-electron chi connectivity index (χ4n) is 2.58. The predicted octanol–water partition coefficient (Wildman–Crippen LogP) is 1.34. The second kappa shape index (κ2) is 7.96. The van der Waals surface area contributed by atoms with Crippen molar-refractivity contribution >= 4 is 11.6 Å². The van der Waals surface area contributed by atoms with Gasteiger partial charge in [-0.05, 0) is 24.1 Å². The van der Waals surface area contributed by atoms with Crippen molar-refractivity contribution in [2.75, 3.05) is 45.9 Å². The van der Waals surface area contributed by atoms with E-state index in [4.69, 9.17) is 22.4 Å². The number of aliphatic hydroxyl groups is 1. The number of β-amino-alcohol motifs (C(OH)–C–C–N with tert-alkyl or cyclic N) is 1. The second-order valence-electron chi connectivity index (χ2n) is 5.35. The number of benzene rings is 1. The van der Waals surface area contributed by atoms with Crippen LogP contribution in [0.2, 0.25) is 5.02 Å². The number of hydrogen-bond donors (Lipinski definition) is 2. The van der Waals surface area contributed by atoms with Gasteiger partial charge in [-0.25, -0.2) is 0 Å². The van der Waals surface area contributed by atoms with Gasteiger partial charge in [-0.1, -0.05) is 23.7 Å². The Morgan fingerprint density at radius 1 is 1.05 bits per heavy atom. The Balaban J connectivity index is 1.71. The maximum Gasteiger partial charge on any atom is 0.0558 e. The maximum absolute atomic E-state index is 8.92. The molecule has 2 rings (SSSR count). The van der Waals surface area contributed by atoms with E-state index in [1.54, 1.807) is 0 Å². The Labute approximate surface area is 126 Å². The first-order chi connectivity index (χ1) is 9.69. The first kappa shape index (κ1) is 15.7. The zero-order valence-corrected chi connectivity index (χ0v) is 12.6.